The molecule has 5 heteroatoms. The number of benzene rings is 1. The molecule has 0 aliphatic heterocycles. The number of rotatable bonds is 4. The number of nitrogens with zero attached hydrogens (tertiary/aromatic N) is 1. The smallest absolute Gasteiger partial charge is 0.254 e. The second kappa shape index (κ2) is 6.44. The molecule has 0 heterocycles. The minimum atomic E-state index is -0.178. The minimum absolute atomic E-state index is 0.0552. The standard InChI is InChI=1S/C13H18N2O2S/c1-9(2)14-12(16)8-15(3)13(17)10-4-6-11(18)7-5-10/h4-7,9,18H,8H2,1-3H3,(H,14,16). The maximum atomic E-state index is 12.0. The van der Waals surface area contributed by atoms with Crippen molar-refractivity contribution in [2.24, 2.45) is 0 Å². The molecule has 0 aliphatic carbocycles. The third-order valence-electron chi connectivity index (χ3n) is 2.29. The number of hydrogen-bond donors (Lipinski definition) is 2. The van der Waals surface area contributed by atoms with Crippen LogP contribution in [-0.2, 0) is 4.79 Å². The molecular formula is C13H18N2O2S. The molecule has 4 nitrogen and oxygen atoms in total. The van der Waals surface area contributed by atoms with Crippen molar-refractivity contribution in [3.05, 3.63) is 29.8 Å². The van der Waals surface area contributed by atoms with Gasteiger partial charge in [-0.3, -0.25) is 9.59 Å². The number of carbonyl (C=O) groups is 2. The van der Waals surface area contributed by atoms with E-state index in [-0.39, 0.29) is 24.4 Å². The molecule has 1 aromatic rings. The quantitative estimate of drug-likeness (QED) is 0.813. The second-order valence-corrected chi connectivity index (χ2v) is 4.95. The number of amides is 2. The van der Waals surface area contributed by atoms with Gasteiger partial charge in [0.1, 0.15) is 0 Å². The van der Waals surface area contributed by atoms with Gasteiger partial charge in [0.25, 0.3) is 5.91 Å². The number of nitrogens with one attached hydrogen (secondary N) is 1. The van der Waals surface area contributed by atoms with Gasteiger partial charge in [0.05, 0.1) is 6.54 Å². The van der Waals surface area contributed by atoms with E-state index in [1.807, 2.05) is 13.8 Å². The SMILES string of the molecule is CC(C)NC(=O)CN(C)C(=O)c1ccc(S)cc1. The molecule has 1 aromatic carbocycles. The Morgan fingerprint density at radius 3 is 2.33 bits per heavy atom. The summed E-state index contributed by atoms with van der Waals surface area (Å²) in [6.45, 7) is 3.82. The summed E-state index contributed by atoms with van der Waals surface area (Å²) in [5.74, 6) is -0.339. The highest BCUT2D eigenvalue weighted by Crippen LogP contribution is 2.09. The maximum Gasteiger partial charge on any atom is 0.254 e. The lowest BCUT2D eigenvalue weighted by atomic mass is 10.2. The van der Waals surface area contributed by atoms with Crippen LogP contribution in [0.2, 0.25) is 0 Å². The Morgan fingerprint density at radius 2 is 1.83 bits per heavy atom. The average Bonchev–Trinajstić information content (AvgIpc) is 2.27. The lowest BCUT2D eigenvalue weighted by Crippen LogP contribution is -2.40. The first-order valence-corrected chi connectivity index (χ1v) is 6.18. The summed E-state index contributed by atoms with van der Waals surface area (Å²) in [6, 6.07) is 6.96. The van der Waals surface area contributed by atoms with Gasteiger partial charge in [-0.25, -0.2) is 0 Å². The van der Waals surface area contributed by atoms with Gasteiger partial charge in [0.15, 0.2) is 0 Å². The largest absolute Gasteiger partial charge is 0.352 e. The fourth-order valence-electron chi connectivity index (χ4n) is 1.48. The van der Waals surface area contributed by atoms with Crippen LogP contribution >= 0.6 is 12.6 Å². The van der Waals surface area contributed by atoms with E-state index in [0.29, 0.717) is 5.56 Å². The Kier molecular flexibility index (Phi) is 5.22. The van der Waals surface area contributed by atoms with E-state index in [1.165, 1.54) is 4.90 Å². The van der Waals surface area contributed by atoms with Crippen LogP contribution in [0, 0.1) is 0 Å². The van der Waals surface area contributed by atoms with E-state index in [1.54, 1.807) is 31.3 Å². The molecule has 0 bridgehead atoms. The summed E-state index contributed by atoms with van der Waals surface area (Å²) in [4.78, 5) is 25.7. The predicted molar refractivity (Wildman–Crippen MR) is 73.9 cm³/mol. The van der Waals surface area contributed by atoms with Crippen molar-refractivity contribution in [3.63, 3.8) is 0 Å². The molecule has 0 radical (unpaired) electrons. The monoisotopic (exact) mass is 266 g/mol. The van der Waals surface area contributed by atoms with Crippen LogP contribution in [0.1, 0.15) is 24.2 Å². The van der Waals surface area contributed by atoms with E-state index in [0.717, 1.165) is 4.90 Å². The van der Waals surface area contributed by atoms with Gasteiger partial charge in [-0.1, -0.05) is 0 Å². The van der Waals surface area contributed by atoms with Crippen LogP contribution < -0.4 is 5.32 Å². The Balaban J connectivity index is 2.61. The third kappa shape index (κ3) is 4.41. The lowest BCUT2D eigenvalue weighted by molar-refractivity contribution is -0.122. The number of thiol groups is 1. The summed E-state index contributed by atoms with van der Waals surface area (Å²) >= 11 is 4.16. The van der Waals surface area contributed by atoms with Crippen LogP contribution in [-0.4, -0.2) is 36.3 Å². The molecule has 0 aromatic heterocycles. The normalized spacial score (nSPS) is 10.3. The third-order valence-corrected chi connectivity index (χ3v) is 2.59. The fraction of sp³-hybridized carbons (Fsp3) is 0.385. The van der Waals surface area contributed by atoms with Gasteiger partial charge >= 0.3 is 0 Å². The molecule has 0 fully saturated rings. The Morgan fingerprint density at radius 1 is 1.28 bits per heavy atom. The van der Waals surface area contributed by atoms with Gasteiger partial charge in [0, 0.05) is 23.5 Å². The summed E-state index contributed by atoms with van der Waals surface area (Å²) in [5.41, 5.74) is 0.549. The molecule has 98 valence electrons. The first-order valence-electron chi connectivity index (χ1n) is 5.74. The number of hydrogen-bond acceptors (Lipinski definition) is 3. The summed E-state index contributed by atoms with van der Waals surface area (Å²) < 4.78 is 0. The highest BCUT2D eigenvalue weighted by atomic mass is 32.1. The zero-order chi connectivity index (χ0) is 13.7. The Hall–Kier alpha value is -1.49. The fourth-order valence-corrected chi connectivity index (χ4v) is 1.63. The Labute approximate surface area is 113 Å². The topological polar surface area (TPSA) is 49.4 Å². The molecule has 0 spiro atoms. The lowest BCUT2D eigenvalue weighted by Gasteiger charge is -2.18. The first-order chi connectivity index (χ1) is 8.40. The molecule has 18 heavy (non-hydrogen) atoms. The molecule has 0 saturated heterocycles. The zero-order valence-corrected chi connectivity index (χ0v) is 11.7. The molecule has 0 saturated carbocycles. The van der Waals surface area contributed by atoms with E-state index < -0.39 is 0 Å². The average molecular weight is 266 g/mol. The first kappa shape index (κ1) is 14.6. The van der Waals surface area contributed by atoms with Crippen molar-refractivity contribution in [1.29, 1.82) is 0 Å². The molecule has 2 amide bonds. The molecular weight excluding hydrogens is 248 g/mol. The van der Waals surface area contributed by atoms with Crippen LogP contribution in [0.4, 0.5) is 0 Å². The van der Waals surface area contributed by atoms with E-state index in [2.05, 4.69) is 17.9 Å². The van der Waals surface area contributed by atoms with Crippen molar-refractivity contribution in [1.82, 2.24) is 10.2 Å². The van der Waals surface area contributed by atoms with Crippen LogP contribution in [0.25, 0.3) is 0 Å². The van der Waals surface area contributed by atoms with Crippen molar-refractivity contribution in [3.8, 4) is 0 Å². The molecule has 0 atom stereocenters. The van der Waals surface area contributed by atoms with Gasteiger partial charge < -0.3 is 10.2 Å². The van der Waals surface area contributed by atoms with Crippen molar-refractivity contribution >= 4 is 24.4 Å². The van der Waals surface area contributed by atoms with Crippen LogP contribution in [0.5, 0.6) is 0 Å². The second-order valence-electron chi connectivity index (χ2n) is 4.43. The highest BCUT2D eigenvalue weighted by molar-refractivity contribution is 7.80. The van der Waals surface area contributed by atoms with Crippen molar-refractivity contribution < 1.29 is 9.59 Å². The van der Waals surface area contributed by atoms with Gasteiger partial charge in [-0.05, 0) is 38.1 Å². The highest BCUT2D eigenvalue weighted by Gasteiger charge is 2.14. The van der Waals surface area contributed by atoms with Crippen molar-refractivity contribution in [2.45, 2.75) is 24.8 Å². The number of likely N-dealkylation sites (N-methyl/N-ethyl adjacent to an activating group) is 1. The summed E-state index contributed by atoms with van der Waals surface area (Å²) in [7, 11) is 1.61. The van der Waals surface area contributed by atoms with Gasteiger partial charge in [0.2, 0.25) is 5.91 Å². The maximum absolute atomic E-state index is 12.0. The molecule has 1 rings (SSSR count). The van der Waals surface area contributed by atoms with E-state index in [4.69, 9.17) is 0 Å². The van der Waals surface area contributed by atoms with Gasteiger partial charge in [-0.2, -0.15) is 0 Å². The van der Waals surface area contributed by atoms with E-state index >= 15 is 0 Å². The Bertz CT molecular complexity index is 429. The van der Waals surface area contributed by atoms with Gasteiger partial charge in [-0.15, -0.1) is 12.6 Å². The zero-order valence-electron chi connectivity index (χ0n) is 10.8. The van der Waals surface area contributed by atoms with Crippen molar-refractivity contribution in [2.75, 3.05) is 13.6 Å². The number of carbonyl (C=O) groups excluding carboxylic acids is 2. The van der Waals surface area contributed by atoms with Crippen LogP contribution in [0.3, 0.4) is 0 Å². The predicted octanol–water partition coefficient (Wildman–Crippen LogP) is 1.57. The molecule has 0 aliphatic rings. The summed E-state index contributed by atoms with van der Waals surface area (Å²) in [5, 5.41) is 2.74. The van der Waals surface area contributed by atoms with E-state index in [9.17, 15) is 9.59 Å². The minimum Gasteiger partial charge on any atom is -0.352 e. The van der Waals surface area contributed by atoms with Crippen LogP contribution in [0.15, 0.2) is 29.2 Å². The molecule has 0 unspecified atom stereocenters. The molecule has 1 N–H and O–H groups in total. The summed E-state index contributed by atoms with van der Waals surface area (Å²) in [6.07, 6.45) is 0.